The number of aryl methyl sites for hydroxylation is 1. The molecule has 0 saturated heterocycles. The second-order valence-electron chi connectivity index (χ2n) is 3.36. The van der Waals surface area contributed by atoms with Gasteiger partial charge >= 0.3 is 0 Å². The second-order valence-corrected chi connectivity index (χ2v) is 3.62. The normalized spacial score (nSPS) is 21.4. The fourth-order valence-electron chi connectivity index (χ4n) is 1.68. The number of nitrogens with one attached hydrogen (secondary N) is 1. The van der Waals surface area contributed by atoms with Crippen LogP contribution in [0.2, 0.25) is 0 Å². The van der Waals surface area contributed by atoms with Crippen molar-refractivity contribution < 1.29 is 0 Å². The zero-order valence-electron chi connectivity index (χ0n) is 7.86. The first-order valence-electron chi connectivity index (χ1n) is 4.75. The molecule has 1 aromatic heterocycles. The first kappa shape index (κ1) is 9.68. The number of hydrogen-bond acceptors (Lipinski definition) is 3. The van der Waals surface area contributed by atoms with Gasteiger partial charge in [0.1, 0.15) is 12.2 Å². The van der Waals surface area contributed by atoms with Gasteiger partial charge in [0, 0.05) is 24.5 Å². The molecule has 0 saturated carbocycles. The molecule has 14 heavy (non-hydrogen) atoms. The van der Waals surface area contributed by atoms with Gasteiger partial charge in [0.05, 0.1) is 6.54 Å². The summed E-state index contributed by atoms with van der Waals surface area (Å²) in [4.78, 5) is 4.18. The van der Waals surface area contributed by atoms with Gasteiger partial charge < -0.3 is 5.32 Å². The van der Waals surface area contributed by atoms with Crippen LogP contribution in [0.5, 0.6) is 0 Å². The van der Waals surface area contributed by atoms with E-state index in [0.29, 0.717) is 6.04 Å². The van der Waals surface area contributed by atoms with Crippen molar-refractivity contribution in [1.29, 1.82) is 0 Å². The van der Waals surface area contributed by atoms with Crippen LogP contribution >= 0.6 is 11.6 Å². The van der Waals surface area contributed by atoms with Crippen LogP contribution < -0.4 is 5.32 Å². The Balaban J connectivity index is 1.88. The molecule has 0 fully saturated rings. The van der Waals surface area contributed by atoms with Crippen LogP contribution in [0.1, 0.15) is 12.2 Å². The molecule has 0 spiro atoms. The van der Waals surface area contributed by atoms with Crippen LogP contribution in [0.4, 0.5) is 0 Å². The maximum absolute atomic E-state index is 5.43. The van der Waals surface area contributed by atoms with Crippen molar-refractivity contribution >= 4 is 11.6 Å². The largest absolute Gasteiger partial charge is 0.309 e. The van der Waals surface area contributed by atoms with Gasteiger partial charge in [-0.1, -0.05) is 17.7 Å². The number of hydrogen-bond donors (Lipinski definition) is 1. The summed E-state index contributed by atoms with van der Waals surface area (Å²) in [5.74, 6) is 1.09. The van der Waals surface area contributed by atoms with Crippen LogP contribution in [0.15, 0.2) is 17.9 Å². The monoisotopic (exact) mass is 212 g/mol. The first-order valence-corrected chi connectivity index (χ1v) is 5.19. The van der Waals surface area contributed by atoms with E-state index < -0.39 is 0 Å². The zero-order valence-corrected chi connectivity index (χ0v) is 8.61. The molecule has 0 aromatic carbocycles. The molecule has 2 heterocycles. The predicted molar refractivity (Wildman–Crippen MR) is 55.1 cm³/mol. The molecule has 1 atom stereocenters. The van der Waals surface area contributed by atoms with Gasteiger partial charge in [0.25, 0.3) is 0 Å². The predicted octanol–water partition coefficient (Wildman–Crippen LogP) is 0.935. The fraction of sp³-hybridized carbons (Fsp3) is 0.556. The molecule has 1 aromatic rings. The van der Waals surface area contributed by atoms with Gasteiger partial charge in [0.15, 0.2) is 0 Å². The molecule has 0 radical (unpaired) electrons. The Hall–Kier alpha value is -0.870. The van der Waals surface area contributed by atoms with Crippen LogP contribution in [-0.2, 0) is 13.0 Å². The molecule has 4 nitrogen and oxygen atoms in total. The number of fused-ring (bicyclic) bond motifs is 1. The van der Waals surface area contributed by atoms with Crippen molar-refractivity contribution in [3.63, 3.8) is 0 Å². The topological polar surface area (TPSA) is 42.7 Å². The third-order valence-corrected chi connectivity index (χ3v) is 2.60. The molecule has 1 aliphatic heterocycles. The van der Waals surface area contributed by atoms with Crippen molar-refractivity contribution in [2.24, 2.45) is 0 Å². The van der Waals surface area contributed by atoms with Gasteiger partial charge in [-0.2, -0.15) is 5.10 Å². The average Bonchev–Trinajstić information content (AvgIpc) is 2.65. The summed E-state index contributed by atoms with van der Waals surface area (Å²) in [5, 5.41) is 7.55. The van der Waals surface area contributed by atoms with Crippen molar-refractivity contribution in [2.75, 3.05) is 6.54 Å². The van der Waals surface area contributed by atoms with E-state index in [1.54, 1.807) is 6.33 Å². The zero-order chi connectivity index (χ0) is 9.80. The summed E-state index contributed by atoms with van der Waals surface area (Å²) in [6, 6.07) is 0.483. The lowest BCUT2D eigenvalue weighted by Crippen LogP contribution is -2.37. The third-order valence-electron chi connectivity index (χ3n) is 2.42. The van der Waals surface area contributed by atoms with Gasteiger partial charge in [-0.15, -0.1) is 0 Å². The van der Waals surface area contributed by atoms with E-state index in [-0.39, 0.29) is 0 Å². The summed E-state index contributed by atoms with van der Waals surface area (Å²) in [6.07, 6.45) is 5.64. The third kappa shape index (κ3) is 2.13. The molecule has 2 rings (SSSR count). The van der Waals surface area contributed by atoms with E-state index in [0.717, 1.165) is 31.8 Å². The van der Waals surface area contributed by atoms with E-state index in [1.165, 1.54) is 5.54 Å². The van der Waals surface area contributed by atoms with Crippen molar-refractivity contribution in [3.8, 4) is 0 Å². The number of aromatic nitrogens is 3. The van der Waals surface area contributed by atoms with E-state index in [9.17, 15) is 0 Å². The van der Waals surface area contributed by atoms with E-state index in [2.05, 4.69) is 15.4 Å². The standard InChI is InChI=1S/C9H13ClN4/c10-4-1-5-11-8-2-3-9-12-7-13-14(9)6-8/h1,4,7-8,11H,2-3,5-6H2/b4-1+. The molecule has 76 valence electrons. The highest BCUT2D eigenvalue weighted by Gasteiger charge is 2.18. The molecule has 1 unspecified atom stereocenters. The maximum Gasteiger partial charge on any atom is 0.138 e. The molecular formula is C9H13ClN4. The highest BCUT2D eigenvalue weighted by molar-refractivity contribution is 6.25. The van der Waals surface area contributed by atoms with Crippen molar-refractivity contribution in [2.45, 2.75) is 25.4 Å². The van der Waals surface area contributed by atoms with Crippen molar-refractivity contribution in [1.82, 2.24) is 20.1 Å². The molecule has 1 aliphatic rings. The summed E-state index contributed by atoms with van der Waals surface area (Å²) in [5.41, 5.74) is 1.54. The minimum atomic E-state index is 0.483. The van der Waals surface area contributed by atoms with Gasteiger partial charge in [-0.25, -0.2) is 9.67 Å². The molecule has 0 aliphatic carbocycles. The molecule has 0 bridgehead atoms. The van der Waals surface area contributed by atoms with Crippen LogP contribution in [0.25, 0.3) is 0 Å². The average molecular weight is 213 g/mol. The lowest BCUT2D eigenvalue weighted by Gasteiger charge is -2.22. The summed E-state index contributed by atoms with van der Waals surface area (Å²) in [6.45, 7) is 1.73. The minimum Gasteiger partial charge on any atom is -0.309 e. The second kappa shape index (κ2) is 4.57. The SMILES string of the molecule is Cl/C=C/CNC1CCc2ncnn2C1. The van der Waals surface area contributed by atoms with E-state index in [1.807, 2.05) is 10.8 Å². The number of nitrogens with zero attached hydrogens (tertiary/aromatic N) is 3. The minimum absolute atomic E-state index is 0.483. The Morgan fingerprint density at radius 2 is 2.64 bits per heavy atom. The number of halogens is 1. The first-order chi connectivity index (χ1) is 6.90. The summed E-state index contributed by atoms with van der Waals surface area (Å²) >= 11 is 5.43. The Kier molecular flexibility index (Phi) is 3.16. The molecule has 0 amide bonds. The van der Waals surface area contributed by atoms with Gasteiger partial charge in [0.2, 0.25) is 0 Å². The summed E-state index contributed by atoms with van der Waals surface area (Å²) < 4.78 is 1.96. The smallest absolute Gasteiger partial charge is 0.138 e. The summed E-state index contributed by atoms with van der Waals surface area (Å²) in [7, 11) is 0. The van der Waals surface area contributed by atoms with E-state index >= 15 is 0 Å². The fourth-order valence-corrected chi connectivity index (χ4v) is 1.77. The lowest BCUT2D eigenvalue weighted by atomic mass is 10.1. The molecule has 1 N–H and O–H groups in total. The van der Waals surface area contributed by atoms with Crippen LogP contribution in [0.3, 0.4) is 0 Å². The Morgan fingerprint density at radius 3 is 3.50 bits per heavy atom. The van der Waals surface area contributed by atoms with Crippen LogP contribution in [-0.4, -0.2) is 27.4 Å². The lowest BCUT2D eigenvalue weighted by molar-refractivity contribution is 0.369. The number of rotatable bonds is 3. The van der Waals surface area contributed by atoms with E-state index in [4.69, 9.17) is 11.6 Å². The van der Waals surface area contributed by atoms with Crippen molar-refractivity contribution in [3.05, 3.63) is 23.8 Å². The highest BCUT2D eigenvalue weighted by atomic mass is 35.5. The molecular weight excluding hydrogens is 200 g/mol. The Morgan fingerprint density at radius 1 is 1.71 bits per heavy atom. The van der Waals surface area contributed by atoms with Gasteiger partial charge in [-0.3, -0.25) is 0 Å². The van der Waals surface area contributed by atoms with Crippen LogP contribution in [0, 0.1) is 0 Å². The Bertz CT molecular complexity index is 320. The maximum atomic E-state index is 5.43. The highest BCUT2D eigenvalue weighted by Crippen LogP contribution is 2.10. The van der Waals surface area contributed by atoms with Gasteiger partial charge in [-0.05, 0) is 6.42 Å². The quantitative estimate of drug-likeness (QED) is 0.811. The molecule has 5 heteroatoms. The Labute approximate surface area is 88.0 Å².